The predicted molar refractivity (Wildman–Crippen MR) is 137 cm³/mol. The molecule has 5 nitrogen and oxygen atoms in total. The Balaban J connectivity index is 1.55. The largest absolute Gasteiger partial charge is 0.435 e. The Hall–Kier alpha value is -2.88. The van der Waals surface area contributed by atoms with Crippen LogP contribution in [0.1, 0.15) is 46.0 Å². The summed E-state index contributed by atoms with van der Waals surface area (Å²) in [6, 6.07) is 15.1. The van der Waals surface area contributed by atoms with Gasteiger partial charge in [0.25, 0.3) is 11.5 Å². The van der Waals surface area contributed by atoms with E-state index in [0.717, 1.165) is 24.1 Å². The van der Waals surface area contributed by atoms with Gasteiger partial charge in [0.05, 0.1) is 10.6 Å². The number of alkyl halides is 3. The first-order valence-corrected chi connectivity index (χ1v) is 13.0. The number of amides is 1. The zero-order valence-corrected chi connectivity index (χ0v) is 22.0. The van der Waals surface area contributed by atoms with E-state index in [1.165, 1.54) is 24.3 Å². The molecule has 11 heteroatoms. The lowest BCUT2D eigenvalue weighted by atomic mass is 9.86. The first kappa shape index (κ1) is 27.2. The molecule has 1 heterocycles. The van der Waals surface area contributed by atoms with E-state index in [0.29, 0.717) is 16.0 Å². The third-order valence-electron chi connectivity index (χ3n) is 6.05. The van der Waals surface area contributed by atoms with Gasteiger partial charge < -0.3 is 4.84 Å². The maximum atomic E-state index is 14.2. The van der Waals surface area contributed by atoms with Crippen molar-refractivity contribution in [3.8, 4) is 0 Å². The van der Waals surface area contributed by atoms with Crippen LogP contribution in [0.2, 0.25) is 10.0 Å². The average Bonchev–Trinajstić information content (AvgIpc) is 3.30. The molecule has 3 aromatic rings. The van der Waals surface area contributed by atoms with E-state index in [4.69, 9.17) is 28.0 Å². The van der Waals surface area contributed by atoms with E-state index in [9.17, 15) is 22.2 Å². The summed E-state index contributed by atoms with van der Waals surface area (Å²) in [4.78, 5) is 18.2. The second-order valence-electron chi connectivity index (χ2n) is 8.52. The topological polar surface area (TPSA) is 67.8 Å². The van der Waals surface area contributed by atoms with Gasteiger partial charge in [-0.3, -0.25) is 9.52 Å². The van der Waals surface area contributed by atoms with Gasteiger partial charge in [-0.2, -0.15) is 13.2 Å². The highest BCUT2D eigenvalue weighted by molar-refractivity contribution is 7.83. The molecule has 0 saturated heterocycles. The fraction of sp³-hybridized carbons (Fsp3) is 0.231. The van der Waals surface area contributed by atoms with Crippen LogP contribution in [0, 0.1) is 6.92 Å². The Labute approximate surface area is 224 Å². The number of benzene rings is 3. The number of nitrogens with one attached hydrogen (secondary N) is 1. The number of halogens is 5. The SMILES string of the molecule is CCc1ccc(S(=O)NC(=O)c2ccc(C3=NOC(c4cc(Cl)cc(Cl)c4)(C(F)(F)F)C3)cc2C)cc1. The number of aryl methyl sites for hydroxylation is 2. The van der Waals surface area contributed by atoms with Crippen molar-refractivity contribution >= 4 is 45.8 Å². The van der Waals surface area contributed by atoms with Crippen molar-refractivity contribution < 1.29 is 27.0 Å². The van der Waals surface area contributed by atoms with Crippen LogP contribution in [0.25, 0.3) is 0 Å². The Bertz CT molecular complexity index is 1390. The highest BCUT2D eigenvalue weighted by Gasteiger charge is 2.62. The summed E-state index contributed by atoms with van der Waals surface area (Å²) in [5, 5.41) is 3.81. The minimum atomic E-state index is -4.82. The summed E-state index contributed by atoms with van der Waals surface area (Å²) in [5.74, 6) is -0.579. The van der Waals surface area contributed by atoms with E-state index in [1.807, 2.05) is 19.1 Å². The minimum absolute atomic E-state index is 0.0353. The maximum absolute atomic E-state index is 14.2. The summed E-state index contributed by atoms with van der Waals surface area (Å²) >= 11 is 11.9. The summed E-state index contributed by atoms with van der Waals surface area (Å²) in [5.41, 5.74) is -0.862. The lowest BCUT2D eigenvalue weighted by Gasteiger charge is -2.29. The number of oxime groups is 1. The summed E-state index contributed by atoms with van der Waals surface area (Å²) in [6.45, 7) is 3.63. The molecule has 0 spiro atoms. The van der Waals surface area contributed by atoms with E-state index in [-0.39, 0.29) is 26.9 Å². The Morgan fingerprint density at radius 1 is 1.08 bits per heavy atom. The molecule has 2 unspecified atom stereocenters. The van der Waals surface area contributed by atoms with Crippen LogP contribution in [0.4, 0.5) is 13.2 Å². The van der Waals surface area contributed by atoms with Gasteiger partial charge in [-0.25, -0.2) is 4.21 Å². The van der Waals surface area contributed by atoms with Gasteiger partial charge >= 0.3 is 6.18 Å². The van der Waals surface area contributed by atoms with Crippen LogP contribution in [0.15, 0.2) is 70.7 Å². The second kappa shape index (κ2) is 10.5. The van der Waals surface area contributed by atoms with Gasteiger partial charge in [0.15, 0.2) is 11.0 Å². The third-order valence-corrected chi connectivity index (χ3v) is 7.56. The van der Waals surface area contributed by atoms with Crippen molar-refractivity contribution in [2.75, 3.05) is 0 Å². The van der Waals surface area contributed by atoms with Crippen LogP contribution >= 0.6 is 23.2 Å². The molecule has 0 saturated carbocycles. The molecule has 0 aromatic heterocycles. The molecule has 0 bridgehead atoms. The number of carbonyl (C=O) groups excluding carboxylic acids is 1. The van der Waals surface area contributed by atoms with E-state index in [2.05, 4.69) is 9.88 Å². The fourth-order valence-electron chi connectivity index (χ4n) is 3.99. The van der Waals surface area contributed by atoms with Crippen LogP contribution in [0.3, 0.4) is 0 Å². The lowest BCUT2D eigenvalue weighted by Crippen LogP contribution is -2.42. The number of hydrogen-bond acceptors (Lipinski definition) is 4. The number of carbonyl (C=O) groups is 1. The molecule has 194 valence electrons. The molecule has 0 radical (unpaired) electrons. The summed E-state index contributed by atoms with van der Waals surface area (Å²) in [6.07, 6.45) is -4.60. The molecule has 37 heavy (non-hydrogen) atoms. The summed E-state index contributed by atoms with van der Waals surface area (Å²) < 4.78 is 57.8. The predicted octanol–water partition coefficient (Wildman–Crippen LogP) is 6.90. The van der Waals surface area contributed by atoms with Gasteiger partial charge in [-0.15, -0.1) is 0 Å². The van der Waals surface area contributed by atoms with Crippen molar-refractivity contribution in [1.82, 2.24) is 4.72 Å². The molecular weight excluding hydrogens is 548 g/mol. The molecule has 2 atom stereocenters. The van der Waals surface area contributed by atoms with Crippen molar-refractivity contribution in [1.29, 1.82) is 0 Å². The van der Waals surface area contributed by atoms with Gasteiger partial charge in [-0.05, 0) is 72.5 Å². The minimum Gasteiger partial charge on any atom is -0.374 e. The Morgan fingerprint density at radius 3 is 2.30 bits per heavy atom. The first-order chi connectivity index (χ1) is 17.4. The fourth-order valence-corrected chi connectivity index (χ4v) is 5.30. The zero-order chi connectivity index (χ0) is 27.0. The highest BCUT2D eigenvalue weighted by atomic mass is 35.5. The van der Waals surface area contributed by atoms with Crippen LogP contribution in [0.5, 0.6) is 0 Å². The van der Waals surface area contributed by atoms with Crippen molar-refractivity contribution in [3.05, 3.63) is 98.5 Å². The molecule has 3 aromatic carbocycles. The molecular formula is C26H21Cl2F3N2O3S. The quantitative estimate of drug-likeness (QED) is 0.351. The van der Waals surface area contributed by atoms with Crippen molar-refractivity contribution in [2.45, 2.75) is 43.4 Å². The molecule has 1 amide bonds. The average molecular weight is 569 g/mol. The monoisotopic (exact) mass is 568 g/mol. The molecule has 4 rings (SSSR count). The third kappa shape index (κ3) is 5.54. The smallest absolute Gasteiger partial charge is 0.374 e. The van der Waals surface area contributed by atoms with E-state index >= 15 is 0 Å². The van der Waals surface area contributed by atoms with Crippen LogP contribution in [-0.2, 0) is 27.8 Å². The Kier molecular flexibility index (Phi) is 7.69. The van der Waals surface area contributed by atoms with E-state index < -0.39 is 35.1 Å². The van der Waals surface area contributed by atoms with Crippen LogP contribution < -0.4 is 4.72 Å². The van der Waals surface area contributed by atoms with Crippen molar-refractivity contribution in [2.24, 2.45) is 5.16 Å². The molecule has 0 aliphatic carbocycles. The highest BCUT2D eigenvalue weighted by Crippen LogP contribution is 2.49. The van der Waals surface area contributed by atoms with Gasteiger partial charge in [0, 0.05) is 27.6 Å². The van der Waals surface area contributed by atoms with Crippen LogP contribution in [-0.4, -0.2) is 22.0 Å². The molecule has 1 aliphatic heterocycles. The first-order valence-electron chi connectivity index (χ1n) is 11.1. The van der Waals surface area contributed by atoms with E-state index in [1.54, 1.807) is 19.1 Å². The second-order valence-corrected chi connectivity index (χ2v) is 10.6. The molecule has 1 N–H and O–H groups in total. The lowest BCUT2D eigenvalue weighted by molar-refractivity contribution is -0.275. The number of nitrogens with zero attached hydrogens (tertiary/aromatic N) is 1. The van der Waals surface area contributed by atoms with Gasteiger partial charge in [0.2, 0.25) is 0 Å². The summed E-state index contributed by atoms with van der Waals surface area (Å²) in [7, 11) is -1.78. The molecule has 1 aliphatic rings. The standard InChI is InChI=1S/C26H21Cl2F3N2O3S/c1-3-16-4-7-21(8-5-16)37(35)33-24(34)22-9-6-17(10-15(22)2)23-14-25(36-32-23,26(29,30)31)18-11-19(27)13-20(28)12-18/h4-13H,3,14H2,1-2H3,(H,33,34). The number of rotatable bonds is 6. The van der Waals surface area contributed by atoms with Gasteiger partial charge in [0.1, 0.15) is 0 Å². The zero-order valence-electron chi connectivity index (χ0n) is 19.7. The van der Waals surface area contributed by atoms with Gasteiger partial charge in [-0.1, -0.05) is 53.5 Å². The molecule has 0 fully saturated rings. The van der Waals surface area contributed by atoms with Crippen molar-refractivity contribution in [3.63, 3.8) is 0 Å². The normalized spacial score (nSPS) is 18.2. The number of hydrogen-bond donors (Lipinski definition) is 1. The Morgan fingerprint density at radius 2 is 1.73 bits per heavy atom. The maximum Gasteiger partial charge on any atom is 0.435 e.